The average molecular weight is 249 g/mol. The molecule has 1 aromatic rings. The molecule has 0 fully saturated rings. The molecule has 0 saturated carbocycles. The molecular weight excluding hydrogens is 226 g/mol. The maximum absolute atomic E-state index is 11.1. The van der Waals surface area contributed by atoms with E-state index in [1.807, 2.05) is 6.92 Å². The Labute approximate surface area is 110 Å². The first-order valence-electron chi connectivity index (χ1n) is 6.47. The Kier molecular flexibility index (Phi) is 5.86. The van der Waals surface area contributed by atoms with Crippen LogP contribution in [0.1, 0.15) is 29.2 Å². The average Bonchev–Trinajstić information content (AvgIpc) is 2.31. The highest BCUT2D eigenvalue weighted by molar-refractivity contribution is 5.71. The minimum Gasteiger partial charge on any atom is -0.465 e. The van der Waals surface area contributed by atoms with Crippen LogP contribution in [0.25, 0.3) is 0 Å². The van der Waals surface area contributed by atoms with E-state index in [4.69, 9.17) is 4.74 Å². The van der Waals surface area contributed by atoms with Gasteiger partial charge in [-0.2, -0.15) is 0 Å². The van der Waals surface area contributed by atoms with Gasteiger partial charge in [0.25, 0.3) is 0 Å². The van der Waals surface area contributed by atoms with Crippen molar-refractivity contribution in [2.75, 3.05) is 19.7 Å². The van der Waals surface area contributed by atoms with Crippen LogP contribution in [0, 0.1) is 20.8 Å². The second-order valence-corrected chi connectivity index (χ2v) is 4.59. The van der Waals surface area contributed by atoms with E-state index in [-0.39, 0.29) is 12.5 Å². The second kappa shape index (κ2) is 7.17. The molecule has 0 amide bonds. The molecule has 0 saturated heterocycles. The first-order valence-corrected chi connectivity index (χ1v) is 6.47. The summed E-state index contributed by atoms with van der Waals surface area (Å²) < 4.78 is 4.85. The summed E-state index contributed by atoms with van der Waals surface area (Å²) >= 11 is 0. The van der Waals surface area contributed by atoms with E-state index in [1.165, 1.54) is 22.3 Å². The van der Waals surface area contributed by atoms with Crippen molar-refractivity contribution in [1.29, 1.82) is 0 Å². The minimum absolute atomic E-state index is 0.186. The van der Waals surface area contributed by atoms with Gasteiger partial charge < -0.3 is 10.1 Å². The van der Waals surface area contributed by atoms with Crippen molar-refractivity contribution in [3.8, 4) is 0 Å². The number of hydrogen-bond acceptors (Lipinski definition) is 3. The van der Waals surface area contributed by atoms with E-state index >= 15 is 0 Å². The van der Waals surface area contributed by atoms with Crippen LogP contribution in [0.5, 0.6) is 0 Å². The maximum Gasteiger partial charge on any atom is 0.319 e. The van der Waals surface area contributed by atoms with Gasteiger partial charge in [-0.15, -0.1) is 0 Å². The fraction of sp³-hybridized carbons (Fsp3) is 0.533. The van der Waals surface area contributed by atoms with Gasteiger partial charge in [-0.1, -0.05) is 12.1 Å². The van der Waals surface area contributed by atoms with E-state index in [9.17, 15) is 4.79 Å². The lowest BCUT2D eigenvalue weighted by Crippen LogP contribution is -2.26. The highest BCUT2D eigenvalue weighted by Crippen LogP contribution is 2.15. The summed E-state index contributed by atoms with van der Waals surface area (Å²) in [5, 5.41) is 3.11. The predicted octanol–water partition coefficient (Wildman–Crippen LogP) is 2.31. The fourth-order valence-corrected chi connectivity index (χ4v) is 1.92. The number of aryl methyl sites for hydroxylation is 3. The lowest BCUT2D eigenvalue weighted by atomic mass is 9.99. The molecule has 0 aromatic heterocycles. The number of nitrogens with one attached hydrogen (secondary N) is 1. The summed E-state index contributed by atoms with van der Waals surface area (Å²) in [6, 6.07) is 4.45. The summed E-state index contributed by atoms with van der Waals surface area (Å²) in [6.45, 7) is 9.73. The molecule has 0 atom stereocenters. The van der Waals surface area contributed by atoms with Gasteiger partial charge in [0.05, 0.1) is 13.2 Å². The van der Waals surface area contributed by atoms with Crippen molar-refractivity contribution in [1.82, 2.24) is 5.32 Å². The molecule has 18 heavy (non-hydrogen) atoms. The zero-order valence-electron chi connectivity index (χ0n) is 11.8. The van der Waals surface area contributed by atoms with E-state index < -0.39 is 0 Å². The lowest BCUT2D eigenvalue weighted by molar-refractivity contribution is -0.141. The molecule has 1 rings (SSSR count). The molecule has 0 aliphatic rings. The van der Waals surface area contributed by atoms with E-state index in [0.29, 0.717) is 6.61 Å². The Hall–Kier alpha value is -1.35. The van der Waals surface area contributed by atoms with Crippen LogP contribution in [0.2, 0.25) is 0 Å². The third-order valence-corrected chi connectivity index (χ3v) is 3.10. The zero-order valence-corrected chi connectivity index (χ0v) is 11.8. The number of esters is 1. The topological polar surface area (TPSA) is 38.3 Å². The summed E-state index contributed by atoms with van der Waals surface area (Å²) in [5.41, 5.74) is 5.31. The zero-order chi connectivity index (χ0) is 13.5. The standard InChI is InChI=1S/C15H23NO2/c1-5-18-15(17)10-16-7-6-14-9-12(3)11(2)8-13(14)4/h8-9,16H,5-7,10H2,1-4H3. The summed E-state index contributed by atoms with van der Waals surface area (Å²) in [4.78, 5) is 11.1. The summed E-state index contributed by atoms with van der Waals surface area (Å²) in [6.07, 6.45) is 0.937. The maximum atomic E-state index is 11.1. The fourth-order valence-electron chi connectivity index (χ4n) is 1.92. The molecule has 0 unspecified atom stereocenters. The molecule has 3 heteroatoms. The normalized spacial score (nSPS) is 10.4. The third-order valence-electron chi connectivity index (χ3n) is 3.10. The lowest BCUT2D eigenvalue weighted by Gasteiger charge is -2.10. The van der Waals surface area contributed by atoms with Crippen LogP contribution < -0.4 is 5.32 Å². The van der Waals surface area contributed by atoms with E-state index in [0.717, 1.165) is 13.0 Å². The molecule has 0 aliphatic carbocycles. The Balaban J connectivity index is 2.40. The predicted molar refractivity (Wildman–Crippen MR) is 73.9 cm³/mol. The van der Waals surface area contributed by atoms with Gasteiger partial charge >= 0.3 is 5.97 Å². The Morgan fingerprint density at radius 3 is 2.50 bits per heavy atom. The smallest absolute Gasteiger partial charge is 0.319 e. The highest BCUT2D eigenvalue weighted by Gasteiger charge is 2.03. The van der Waals surface area contributed by atoms with Crippen molar-refractivity contribution < 1.29 is 9.53 Å². The second-order valence-electron chi connectivity index (χ2n) is 4.59. The van der Waals surface area contributed by atoms with E-state index in [2.05, 4.69) is 38.2 Å². The van der Waals surface area contributed by atoms with E-state index in [1.54, 1.807) is 0 Å². The molecule has 3 nitrogen and oxygen atoms in total. The molecule has 100 valence electrons. The monoisotopic (exact) mass is 249 g/mol. The number of rotatable bonds is 6. The number of carbonyl (C=O) groups is 1. The molecule has 1 aromatic carbocycles. The van der Waals surface area contributed by atoms with Gasteiger partial charge in [-0.25, -0.2) is 0 Å². The summed E-state index contributed by atoms with van der Waals surface area (Å²) in [5.74, 6) is -0.186. The number of carbonyl (C=O) groups excluding carboxylic acids is 1. The minimum atomic E-state index is -0.186. The van der Waals surface area contributed by atoms with Gasteiger partial charge in [0.15, 0.2) is 0 Å². The third kappa shape index (κ3) is 4.49. The van der Waals surface area contributed by atoms with Crippen LogP contribution in [0.3, 0.4) is 0 Å². The number of benzene rings is 1. The van der Waals surface area contributed by atoms with Gasteiger partial charge in [0.2, 0.25) is 0 Å². The van der Waals surface area contributed by atoms with Crippen molar-refractivity contribution in [3.63, 3.8) is 0 Å². The van der Waals surface area contributed by atoms with Crippen LogP contribution in [0.15, 0.2) is 12.1 Å². The van der Waals surface area contributed by atoms with Crippen molar-refractivity contribution in [3.05, 3.63) is 34.4 Å². The van der Waals surface area contributed by atoms with Crippen molar-refractivity contribution in [2.24, 2.45) is 0 Å². The van der Waals surface area contributed by atoms with Crippen molar-refractivity contribution in [2.45, 2.75) is 34.1 Å². The molecule has 1 N–H and O–H groups in total. The highest BCUT2D eigenvalue weighted by atomic mass is 16.5. The Bertz CT molecular complexity index is 413. The number of hydrogen-bond donors (Lipinski definition) is 1. The summed E-state index contributed by atoms with van der Waals surface area (Å²) in [7, 11) is 0. The van der Waals surface area contributed by atoms with Crippen LogP contribution >= 0.6 is 0 Å². The molecule has 0 spiro atoms. The van der Waals surface area contributed by atoms with Crippen LogP contribution in [-0.4, -0.2) is 25.7 Å². The Morgan fingerprint density at radius 2 is 1.83 bits per heavy atom. The van der Waals surface area contributed by atoms with Crippen molar-refractivity contribution >= 4 is 5.97 Å². The molecule has 0 bridgehead atoms. The van der Waals surface area contributed by atoms with Gasteiger partial charge in [0.1, 0.15) is 0 Å². The molecule has 0 radical (unpaired) electrons. The van der Waals surface area contributed by atoms with Gasteiger partial charge in [-0.05, 0) is 62.9 Å². The van der Waals surface area contributed by atoms with Crippen LogP contribution in [0.4, 0.5) is 0 Å². The van der Waals surface area contributed by atoms with Crippen LogP contribution in [-0.2, 0) is 16.0 Å². The molecular formula is C15H23NO2. The Morgan fingerprint density at radius 1 is 1.17 bits per heavy atom. The first kappa shape index (κ1) is 14.7. The van der Waals surface area contributed by atoms with Gasteiger partial charge in [-0.3, -0.25) is 4.79 Å². The quantitative estimate of drug-likeness (QED) is 0.621. The first-order chi connectivity index (χ1) is 8.54. The largest absolute Gasteiger partial charge is 0.465 e. The molecule has 0 heterocycles. The molecule has 0 aliphatic heterocycles. The number of ether oxygens (including phenoxy) is 1. The SMILES string of the molecule is CCOC(=O)CNCCc1cc(C)c(C)cc1C. The van der Waals surface area contributed by atoms with Gasteiger partial charge in [0, 0.05) is 0 Å².